The molecule has 0 saturated carbocycles. The van der Waals surface area contributed by atoms with E-state index in [1.54, 1.807) is 7.11 Å². The van der Waals surface area contributed by atoms with Crippen molar-refractivity contribution in [3.8, 4) is 5.75 Å². The third kappa shape index (κ3) is 3.53. The van der Waals surface area contributed by atoms with Crippen LogP contribution in [0.4, 0.5) is 0 Å². The predicted molar refractivity (Wildman–Crippen MR) is 84.3 cm³/mol. The van der Waals surface area contributed by atoms with Gasteiger partial charge in [-0.05, 0) is 30.2 Å². The highest BCUT2D eigenvalue weighted by Gasteiger charge is 2.24. The second-order valence-electron chi connectivity index (χ2n) is 5.03. The average molecular weight is 290 g/mol. The van der Waals surface area contributed by atoms with Crippen molar-refractivity contribution in [1.29, 1.82) is 0 Å². The molecule has 0 aliphatic carbocycles. The molecule has 1 unspecified atom stereocenters. The first-order valence-corrected chi connectivity index (χ1v) is 7.21. The molecular formula is C17H20ClNO. The Balaban J connectivity index is 2.06. The van der Waals surface area contributed by atoms with Crippen molar-refractivity contribution < 1.29 is 4.74 Å². The van der Waals surface area contributed by atoms with Gasteiger partial charge in [-0.2, -0.15) is 0 Å². The highest BCUT2D eigenvalue weighted by molar-refractivity contribution is 6.18. The van der Waals surface area contributed by atoms with Gasteiger partial charge in [0.1, 0.15) is 5.75 Å². The summed E-state index contributed by atoms with van der Waals surface area (Å²) in [6.45, 7) is 2.89. The standard InChI is InChI=1S/C17H20ClNO/c1-17(13-18,15-6-4-3-5-7-15)19-12-14-8-10-16(20-2)11-9-14/h3-11,19H,12-13H2,1-2H3. The molecule has 0 amide bonds. The lowest BCUT2D eigenvalue weighted by Crippen LogP contribution is -2.40. The Morgan fingerprint density at radius 2 is 1.70 bits per heavy atom. The summed E-state index contributed by atoms with van der Waals surface area (Å²) in [6.07, 6.45) is 0. The van der Waals surface area contributed by atoms with Crippen LogP contribution in [0.3, 0.4) is 0 Å². The highest BCUT2D eigenvalue weighted by atomic mass is 35.5. The molecule has 2 rings (SSSR count). The van der Waals surface area contributed by atoms with Crippen LogP contribution in [-0.2, 0) is 12.1 Å². The number of halogens is 1. The first kappa shape index (κ1) is 14.9. The number of hydrogen-bond acceptors (Lipinski definition) is 2. The van der Waals surface area contributed by atoms with Gasteiger partial charge in [0.15, 0.2) is 0 Å². The van der Waals surface area contributed by atoms with Crippen LogP contribution >= 0.6 is 11.6 Å². The Bertz CT molecular complexity index is 526. The number of alkyl halides is 1. The Morgan fingerprint density at radius 1 is 1.05 bits per heavy atom. The van der Waals surface area contributed by atoms with E-state index >= 15 is 0 Å². The zero-order valence-electron chi connectivity index (χ0n) is 11.9. The smallest absolute Gasteiger partial charge is 0.118 e. The summed E-state index contributed by atoms with van der Waals surface area (Å²) >= 11 is 6.17. The second-order valence-corrected chi connectivity index (χ2v) is 5.30. The van der Waals surface area contributed by atoms with Crippen LogP contribution in [0.25, 0.3) is 0 Å². The predicted octanol–water partition coefficient (Wildman–Crippen LogP) is 3.94. The van der Waals surface area contributed by atoms with Crippen molar-refractivity contribution in [2.75, 3.05) is 13.0 Å². The molecule has 0 heterocycles. The average Bonchev–Trinajstić information content (AvgIpc) is 2.54. The quantitative estimate of drug-likeness (QED) is 0.813. The molecule has 1 N–H and O–H groups in total. The molecule has 1 atom stereocenters. The van der Waals surface area contributed by atoms with Gasteiger partial charge in [0, 0.05) is 12.4 Å². The Morgan fingerprint density at radius 3 is 2.25 bits per heavy atom. The Hall–Kier alpha value is -1.51. The lowest BCUT2D eigenvalue weighted by atomic mass is 9.94. The monoisotopic (exact) mass is 289 g/mol. The van der Waals surface area contributed by atoms with E-state index in [0.29, 0.717) is 5.88 Å². The minimum atomic E-state index is -0.233. The van der Waals surface area contributed by atoms with Gasteiger partial charge in [0.2, 0.25) is 0 Å². The fourth-order valence-corrected chi connectivity index (χ4v) is 2.32. The molecule has 3 heteroatoms. The van der Waals surface area contributed by atoms with Crippen LogP contribution in [0.1, 0.15) is 18.1 Å². The summed E-state index contributed by atoms with van der Waals surface area (Å²) in [6, 6.07) is 18.4. The number of ether oxygens (including phenoxy) is 1. The molecule has 0 spiro atoms. The van der Waals surface area contributed by atoms with E-state index in [1.807, 2.05) is 30.3 Å². The van der Waals surface area contributed by atoms with Gasteiger partial charge in [-0.3, -0.25) is 0 Å². The third-order valence-corrected chi connectivity index (χ3v) is 4.05. The van der Waals surface area contributed by atoms with Gasteiger partial charge in [-0.25, -0.2) is 0 Å². The number of hydrogen-bond donors (Lipinski definition) is 1. The summed E-state index contributed by atoms with van der Waals surface area (Å²) in [5.74, 6) is 1.39. The molecule has 2 aromatic rings. The SMILES string of the molecule is COc1ccc(CNC(C)(CCl)c2ccccc2)cc1. The van der Waals surface area contributed by atoms with Gasteiger partial charge in [-0.15, -0.1) is 11.6 Å². The van der Waals surface area contributed by atoms with Gasteiger partial charge < -0.3 is 10.1 Å². The molecule has 20 heavy (non-hydrogen) atoms. The van der Waals surface area contributed by atoms with Crippen molar-refractivity contribution in [3.63, 3.8) is 0 Å². The van der Waals surface area contributed by atoms with Crippen LogP contribution in [0.15, 0.2) is 54.6 Å². The molecule has 0 aliphatic heterocycles. The molecule has 0 aliphatic rings. The molecule has 2 nitrogen and oxygen atoms in total. The van der Waals surface area contributed by atoms with Gasteiger partial charge in [0.25, 0.3) is 0 Å². The van der Waals surface area contributed by atoms with Crippen molar-refractivity contribution >= 4 is 11.6 Å². The van der Waals surface area contributed by atoms with Crippen molar-refractivity contribution in [3.05, 3.63) is 65.7 Å². The first-order chi connectivity index (χ1) is 9.68. The minimum Gasteiger partial charge on any atom is -0.497 e. The van der Waals surface area contributed by atoms with Crippen LogP contribution in [-0.4, -0.2) is 13.0 Å². The molecule has 106 valence electrons. The summed E-state index contributed by atoms with van der Waals surface area (Å²) in [4.78, 5) is 0. The lowest BCUT2D eigenvalue weighted by Gasteiger charge is -2.29. The molecule has 2 aromatic carbocycles. The number of methoxy groups -OCH3 is 1. The largest absolute Gasteiger partial charge is 0.497 e. The maximum atomic E-state index is 6.17. The number of rotatable bonds is 6. The minimum absolute atomic E-state index is 0.233. The summed E-state index contributed by atoms with van der Waals surface area (Å²) in [7, 11) is 1.67. The van der Waals surface area contributed by atoms with E-state index in [9.17, 15) is 0 Å². The molecule has 0 bridgehead atoms. The maximum Gasteiger partial charge on any atom is 0.118 e. The summed E-state index contributed by atoms with van der Waals surface area (Å²) < 4.78 is 5.16. The van der Waals surface area contributed by atoms with E-state index in [0.717, 1.165) is 12.3 Å². The highest BCUT2D eigenvalue weighted by Crippen LogP contribution is 2.23. The first-order valence-electron chi connectivity index (χ1n) is 6.67. The molecule has 0 radical (unpaired) electrons. The van der Waals surface area contributed by atoms with Crippen LogP contribution < -0.4 is 10.1 Å². The topological polar surface area (TPSA) is 21.3 Å². The van der Waals surface area contributed by atoms with E-state index in [2.05, 4.69) is 36.5 Å². The van der Waals surface area contributed by atoms with Crippen LogP contribution in [0.2, 0.25) is 0 Å². The van der Waals surface area contributed by atoms with E-state index in [4.69, 9.17) is 16.3 Å². The van der Waals surface area contributed by atoms with Gasteiger partial charge in [-0.1, -0.05) is 42.5 Å². The zero-order valence-corrected chi connectivity index (χ0v) is 12.7. The number of benzene rings is 2. The normalized spacial score (nSPS) is 13.8. The maximum absolute atomic E-state index is 6.17. The van der Waals surface area contributed by atoms with E-state index in [-0.39, 0.29) is 5.54 Å². The second kappa shape index (κ2) is 6.78. The fraction of sp³-hybridized carbons (Fsp3) is 0.294. The molecule has 0 saturated heterocycles. The number of nitrogens with one attached hydrogen (secondary N) is 1. The van der Waals surface area contributed by atoms with E-state index < -0.39 is 0 Å². The summed E-state index contributed by atoms with van der Waals surface area (Å²) in [5, 5.41) is 3.54. The van der Waals surface area contributed by atoms with Crippen molar-refractivity contribution in [2.45, 2.75) is 19.0 Å². The van der Waals surface area contributed by atoms with Crippen LogP contribution in [0.5, 0.6) is 5.75 Å². The Kier molecular flexibility index (Phi) is 5.05. The molecule has 0 fully saturated rings. The van der Waals surface area contributed by atoms with Crippen molar-refractivity contribution in [1.82, 2.24) is 5.32 Å². The third-order valence-electron chi connectivity index (χ3n) is 3.52. The molecule has 0 aromatic heterocycles. The lowest BCUT2D eigenvalue weighted by molar-refractivity contribution is 0.404. The Labute approximate surface area is 125 Å². The van der Waals surface area contributed by atoms with Crippen molar-refractivity contribution in [2.24, 2.45) is 0 Å². The van der Waals surface area contributed by atoms with Crippen LogP contribution in [0, 0.1) is 0 Å². The fourth-order valence-electron chi connectivity index (χ4n) is 2.07. The van der Waals surface area contributed by atoms with Gasteiger partial charge in [0.05, 0.1) is 12.6 Å². The summed E-state index contributed by atoms with van der Waals surface area (Å²) in [5.41, 5.74) is 2.17. The van der Waals surface area contributed by atoms with Gasteiger partial charge >= 0.3 is 0 Å². The van der Waals surface area contributed by atoms with E-state index in [1.165, 1.54) is 11.1 Å². The molecular weight excluding hydrogens is 270 g/mol. The zero-order chi connectivity index (χ0) is 14.4.